The molecular weight excluding hydrogens is 326 g/mol. The van der Waals surface area contributed by atoms with Crippen molar-refractivity contribution in [1.29, 1.82) is 0 Å². The van der Waals surface area contributed by atoms with Gasteiger partial charge in [0.25, 0.3) is 0 Å². The zero-order chi connectivity index (χ0) is 17.1. The number of aromatic nitrogens is 2. The lowest BCUT2D eigenvalue weighted by Gasteiger charge is -2.08. The lowest BCUT2D eigenvalue weighted by atomic mass is 10.1. The Morgan fingerprint density at radius 3 is 2.65 bits per heavy atom. The van der Waals surface area contributed by atoms with Gasteiger partial charge < -0.3 is 4.74 Å². The molecule has 7 heteroatoms. The van der Waals surface area contributed by atoms with E-state index in [0.717, 1.165) is 16.8 Å². The third kappa shape index (κ3) is 3.69. The van der Waals surface area contributed by atoms with Gasteiger partial charge in [-0.2, -0.15) is 5.10 Å². The molecule has 0 fully saturated rings. The number of benzene rings is 1. The van der Waals surface area contributed by atoms with Crippen LogP contribution in [-0.4, -0.2) is 22.4 Å². The summed E-state index contributed by atoms with van der Waals surface area (Å²) in [7, 11) is 0. The molecule has 0 bridgehead atoms. The Kier molecular flexibility index (Phi) is 5.36. The zero-order valence-electron chi connectivity index (χ0n) is 13.1. The summed E-state index contributed by atoms with van der Waals surface area (Å²) in [5.74, 6) is -2.02. The minimum Gasteiger partial charge on any atom is -0.461 e. The van der Waals surface area contributed by atoms with Crippen LogP contribution >= 0.6 is 11.6 Å². The summed E-state index contributed by atoms with van der Waals surface area (Å²) in [5, 5.41) is 4.36. The van der Waals surface area contributed by atoms with Gasteiger partial charge in [0.1, 0.15) is 11.5 Å². The van der Waals surface area contributed by atoms with E-state index in [-0.39, 0.29) is 28.9 Å². The first-order chi connectivity index (χ1) is 10.8. The van der Waals surface area contributed by atoms with Crippen molar-refractivity contribution < 1.29 is 18.3 Å². The molecule has 0 saturated heterocycles. The minimum absolute atomic E-state index is 0.0605. The Bertz CT molecular complexity index is 729. The fourth-order valence-electron chi connectivity index (χ4n) is 2.16. The van der Waals surface area contributed by atoms with Gasteiger partial charge in [-0.3, -0.25) is 0 Å². The quantitative estimate of drug-likeness (QED) is 0.766. The van der Waals surface area contributed by atoms with E-state index in [4.69, 9.17) is 16.3 Å². The topological polar surface area (TPSA) is 44.1 Å². The molecular formula is C16H17ClF2N2O2. The van der Waals surface area contributed by atoms with Crippen LogP contribution in [0, 0.1) is 17.6 Å². The number of carbonyl (C=O) groups excluding carboxylic acids is 1. The van der Waals surface area contributed by atoms with E-state index in [1.807, 2.05) is 13.8 Å². The average molecular weight is 343 g/mol. The lowest BCUT2D eigenvalue weighted by molar-refractivity contribution is 0.0516. The van der Waals surface area contributed by atoms with Gasteiger partial charge in [-0.25, -0.2) is 18.3 Å². The molecule has 1 heterocycles. The number of carbonyl (C=O) groups is 1. The standard InChI is InChI=1S/C16H17ClF2N2O2/c1-4-23-16(22)15-14(17)12(7-9(2)3)20-21(15)13-6-5-10(18)8-11(13)19/h5-6,8-9H,4,7H2,1-3H3. The van der Waals surface area contributed by atoms with Gasteiger partial charge in [0.15, 0.2) is 11.5 Å². The molecule has 124 valence electrons. The van der Waals surface area contributed by atoms with Crippen LogP contribution < -0.4 is 0 Å². The van der Waals surface area contributed by atoms with Crippen LogP contribution in [0.2, 0.25) is 5.02 Å². The molecule has 2 rings (SSSR count). The summed E-state index contributed by atoms with van der Waals surface area (Å²) >= 11 is 6.26. The number of nitrogens with zero attached hydrogens (tertiary/aromatic N) is 2. The van der Waals surface area contributed by atoms with Gasteiger partial charge in [-0.15, -0.1) is 0 Å². The first kappa shape index (κ1) is 17.4. The zero-order valence-corrected chi connectivity index (χ0v) is 13.8. The van der Waals surface area contributed by atoms with Crippen LogP contribution in [0.5, 0.6) is 0 Å². The largest absolute Gasteiger partial charge is 0.461 e. The molecule has 0 aliphatic rings. The van der Waals surface area contributed by atoms with Crippen LogP contribution in [0.15, 0.2) is 18.2 Å². The molecule has 1 aromatic heterocycles. The molecule has 0 unspecified atom stereocenters. The van der Waals surface area contributed by atoms with Crippen molar-refractivity contribution in [3.8, 4) is 5.69 Å². The Morgan fingerprint density at radius 2 is 2.09 bits per heavy atom. The highest BCUT2D eigenvalue weighted by atomic mass is 35.5. The Labute approximate surface area is 138 Å². The fraction of sp³-hybridized carbons (Fsp3) is 0.375. The van der Waals surface area contributed by atoms with E-state index in [1.165, 1.54) is 6.07 Å². The third-order valence-electron chi connectivity index (χ3n) is 3.10. The molecule has 0 spiro atoms. The van der Waals surface area contributed by atoms with E-state index in [2.05, 4.69) is 5.10 Å². The van der Waals surface area contributed by atoms with Gasteiger partial charge in [0.05, 0.1) is 17.3 Å². The first-order valence-electron chi connectivity index (χ1n) is 7.25. The molecule has 1 aromatic carbocycles. The first-order valence-corrected chi connectivity index (χ1v) is 7.62. The molecule has 0 atom stereocenters. The highest BCUT2D eigenvalue weighted by Gasteiger charge is 2.26. The van der Waals surface area contributed by atoms with Crippen molar-refractivity contribution in [2.45, 2.75) is 27.2 Å². The molecule has 0 radical (unpaired) electrons. The number of hydrogen-bond acceptors (Lipinski definition) is 3. The van der Waals surface area contributed by atoms with Gasteiger partial charge in [-0.05, 0) is 31.4 Å². The molecule has 4 nitrogen and oxygen atoms in total. The normalized spacial score (nSPS) is 11.1. The van der Waals surface area contributed by atoms with Gasteiger partial charge in [0, 0.05) is 6.07 Å². The van der Waals surface area contributed by atoms with E-state index < -0.39 is 17.6 Å². The second-order valence-corrected chi connectivity index (χ2v) is 5.81. The van der Waals surface area contributed by atoms with Crippen LogP contribution in [-0.2, 0) is 11.2 Å². The molecule has 0 saturated carbocycles. The van der Waals surface area contributed by atoms with Crippen LogP contribution in [0.4, 0.5) is 8.78 Å². The van der Waals surface area contributed by atoms with Crippen LogP contribution in [0.25, 0.3) is 5.69 Å². The second-order valence-electron chi connectivity index (χ2n) is 5.44. The van der Waals surface area contributed by atoms with Gasteiger partial charge in [-0.1, -0.05) is 25.4 Å². The average Bonchev–Trinajstić information content (AvgIpc) is 2.75. The molecule has 0 N–H and O–H groups in total. The third-order valence-corrected chi connectivity index (χ3v) is 3.50. The Hall–Kier alpha value is -1.95. The summed E-state index contributed by atoms with van der Waals surface area (Å²) < 4.78 is 33.2. The molecule has 0 amide bonds. The summed E-state index contributed by atoms with van der Waals surface area (Å²) in [4.78, 5) is 12.2. The van der Waals surface area contributed by atoms with Crippen molar-refractivity contribution in [2.24, 2.45) is 5.92 Å². The smallest absolute Gasteiger partial charge is 0.358 e. The monoisotopic (exact) mass is 342 g/mol. The summed E-state index contributed by atoms with van der Waals surface area (Å²) in [6.45, 7) is 5.74. The SMILES string of the molecule is CCOC(=O)c1c(Cl)c(CC(C)C)nn1-c1ccc(F)cc1F. The van der Waals surface area contributed by atoms with Crippen molar-refractivity contribution in [2.75, 3.05) is 6.61 Å². The lowest BCUT2D eigenvalue weighted by Crippen LogP contribution is -2.13. The van der Waals surface area contributed by atoms with Gasteiger partial charge >= 0.3 is 5.97 Å². The Morgan fingerprint density at radius 1 is 1.39 bits per heavy atom. The molecule has 2 aromatic rings. The summed E-state index contributed by atoms with van der Waals surface area (Å²) in [6.07, 6.45) is 0.515. The highest BCUT2D eigenvalue weighted by Crippen LogP contribution is 2.28. The van der Waals surface area contributed by atoms with Crippen LogP contribution in [0.3, 0.4) is 0 Å². The predicted molar refractivity (Wildman–Crippen MR) is 83.0 cm³/mol. The van der Waals surface area contributed by atoms with E-state index in [1.54, 1.807) is 6.92 Å². The maximum atomic E-state index is 14.1. The maximum absolute atomic E-state index is 14.1. The maximum Gasteiger partial charge on any atom is 0.358 e. The number of halogens is 3. The van der Waals surface area contributed by atoms with E-state index in [9.17, 15) is 13.6 Å². The van der Waals surface area contributed by atoms with Crippen molar-refractivity contribution in [3.05, 3.63) is 46.2 Å². The predicted octanol–water partition coefficient (Wildman–Crippen LogP) is 4.18. The van der Waals surface area contributed by atoms with Gasteiger partial charge in [0.2, 0.25) is 0 Å². The second kappa shape index (κ2) is 7.08. The minimum atomic E-state index is -0.842. The number of esters is 1. The molecule has 0 aliphatic heterocycles. The van der Waals surface area contributed by atoms with Crippen molar-refractivity contribution >= 4 is 17.6 Å². The number of rotatable bonds is 5. The van der Waals surface area contributed by atoms with E-state index in [0.29, 0.717) is 12.1 Å². The fourth-order valence-corrected chi connectivity index (χ4v) is 2.44. The van der Waals surface area contributed by atoms with Crippen molar-refractivity contribution in [3.63, 3.8) is 0 Å². The highest BCUT2D eigenvalue weighted by molar-refractivity contribution is 6.34. The summed E-state index contributed by atoms with van der Waals surface area (Å²) in [6, 6.07) is 3.02. The molecule has 0 aliphatic carbocycles. The Balaban J connectivity index is 2.62. The summed E-state index contributed by atoms with van der Waals surface area (Å²) in [5.41, 5.74) is 0.342. The number of ether oxygens (including phenoxy) is 1. The molecule has 23 heavy (non-hydrogen) atoms. The van der Waals surface area contributed by atoms with E-state index >= 15 is 0 Å². The van der Waals surface area contributed by atoms with Crippen molar-refractivity contribution in [1.82, 2.24) is 9.78 Å². The van der Waals surface area contributed by atoms with Crippen LogP contribution in [0.1, 0.15) is 37.0 Å². The number of hydrogen-bond donors (Lipinski definition) is 0.